The topological polar surface area (TPSA) is 62.1 Å². The first kappa shape index (κ1) is 16.8. The molecule has 7 heteroatoms. The van der Waals surface area contributed by atoms with E-state index in [-0.39, 0.29) is 5.56 Å². The summed E-state index contributed by atoms with van der Waals surface area (Å²) in [5.74, 6) is -1.01. The molecule has 1 aromatic carbocycles. The van der Waals surface area contributed by atoms with Crippen molar-refractivity contribution in [3.8, 4) is 11.8 Å². The van der Waals surface area contributed by atoms with Crippen LogP contribution in [0.2, 0.25) is 0 Å². The van der Waals surface area contributed by atoms with Crippen molar-refractivity contribution in [1.29, 1.82) is 5.26 Å². The monoisotopic (exact) mass is 300 g/mol. The Labute approximate surface area is 120 Å². The van der Waals surface area contributed by atoms with Gasteiger partial charge in [-0.2, -0.15) is 18.4 Å². The zero-order valence-electron chi connectivity index (χ0n) is 11.8. The van der Waals surface area contributed by atoms with Gasteiger partial charge in [0.15, 0.2) is 6.61 Å². The summed E-state index contributed by atoms with van der Waals surface area (Å²) in [5, 5.41) is 11.2. The van der Waals surface area contributed by atoms with E-state index in [1.807, 2.05) is 0 Å². The van der Waals surface area contributed by atoms with Gasteiger partial charge in [-0.25, -0.2) is 0 Å². The van der Waals surface area contributed by atoms with Crippen LogP contribution < -0.4 is 10.1 Å². The van der Waals surface area contributed by atoms with Crippen LogP contribution >= 0.6 is 0 Å². The molecule has 1 rings (SSSR count). The molecule has 0 heterocycles. The van der Waals surface area contributed by atoms with E-state index in [1.54, 1.807) is 26.8 Å². The summed E-state index contributed by atoms with van der Waals surface area (Å²) >= 11 is 0. The fourth-order valence-corrected chi connectivity index (χ4v) is 1.54. The molecule has 0 atom stereocenters. The Morgan fingerprint density at radius 2 is 1.95 bits per heavy atom. The molecule has 114 valence electrons. The average molecular weight is 300 g/mol. The molecule has 1 aromatic rings. The summed E-state index contributed by atoms with van der Waals surface area (Å²) < 4.78 is 43.5. The van der Waals surface area contributed by atoms with E-state index in [2.05, 4.69) is 5.32 Å². The first-order chi connectivity index (χ1) is 9.53. The van der Waals surface area contributed by atoms with E-state index in [1.165, 1.54) is 6.07 Å². The van der Waals surface area contributed by atoms with Gasteiger partial charge in [0.25, 0.3) is 5.91 Å². The number of nitrogens with one attached hydrogen (secondary N) is 1. The van der Waals surface area contributed by atoms with Crippen LogP contribution in [0, 0.1) is 11.3 Å². The quantitative estimate of drug-likeness (QED) is 0.933. The second-order valence-electron chi connectivity index (χ2n) is 5.41. The lowest BCUT2D eigenvalue weighted by Gasteiger charge is -2.21. The van der Waals surface area contributed by atoms with Crippen LogP contribution in [-0.2, 0) is 11.0 Å². The van der Waals surface area contributed by atoms with Crippen molar-refractivity contribution in [2.75, 3.05) is 6.61 Å². The normalized spacial score (nSPS) is 11.7. The highest BCUT2D eigenvalue weighted by molar-refractivity contribution is 5.78. The van der Waals surface area contributed by atoms with Crippen molar-refractivity contribution in [2.45, 2.75) is 32.5 Å². The number of nitrogens with zero attached hydrogens (tertiary/aromatic N) is 1. The summed E-state index contributed by atoms with van der Waals surface area (Å²) in [6.07, 6.45) is -4.66. The Morgan fingerprint density at radius 1 is 1.33 bits per heavy atom. The van der Waals surface area contributed by atoms with E-state index < -0.39 is 35.5 Å². The number of benzene rings is 1. The predicted octanol–water partition coefficient (Wildman–Crippen LogP) is 2.87. The van der Waals surface area contributed by atoms with Crippen molar-refractivity contribution in [3.63, 3.8) is 0 Å². The summed E-state index contributed by atoms with van der Waals surface area (Å²) in [6.45, 7) is 4.70. The van der Waals surface area contributed by atoms with Crippen LogP contribution in [-0.4, -0.2) is 18.1 Å². The summed E-state index contributed by atoms with van der Waals surface area (Å²) in [6, 6.07) is 4.55. The highest BCUT2D eigenvalue weighted by Crippen LogP contribution is 2.36. The van der Waals surface area contributed by atoms with Crippen LogP contribution in [0.15, 0.2) is 18.2 Å². The third kappa shape index (κ3) is 5.34. The van der Waals surface area contributed by atoms with E-state index in [0.29, 0.717) is 6.07 Å². The van der Waals surface area contributed by atoms with E-state index in [4.69, 9.17) is 10.00 Å². The van der Waals surface area contributed by atoms with Crippen molar-refractivity contribution in [3.05, 3.63) is 29.3 Å². The first-order valence-electron chi connectivity index (χ1n) is 6.08. The number of hydrogen-bond donors (Lipinski definition) is 1. The summed E-state index contributed by atoms with van der Waals surface area (Å²) in [4.78, 5) is 11.5. The third-order valence-electron chi connectivity index (χ3n) is 2.29. The Bertz CT molecular complexity index is 569. The Kier molecular flexibility index (Phi) is 4.84. The van der Waals surface area contributed by atoms with Gasteiger partial charge in [0.1, 0.15) is 5.75 Å². The SMILES string of the molecule is CC(C)(C)NC(=O)COc1ccc(C#N)cc1C(F)(F)F. The molecule has 0 saturated heterocycles. The molecule has 0 aliphatic heterocycles. The van der Waals surface area contributed by atoms with Gasteiger partial charge in [-0.15, -0.1) is 0 Å². The molecule has 0 spiro atoms. The molecule has 0 bridgehead atoms. The van der Waals surface area contributed by atoms with Crippen molar-refractivity contribution in [2.24, 2.45) is 0 Å². The van der Waals surface area contributed by atoms with E-state index >= 15 is 0 Å². The number of carbonyl (C=O) groups excluding carboxylic acids is 1. The van der Waals surface area contributed by atoms with Gasteiger partial charge in [0.05, 0.1) is 17.2 Å². The maximum atomic E-state index is 12.9. The first-order valence-corrected chi connectivity index (χ1v) is 6.08. The van der Waals surface area contributed by atoms with Crippen molar-refractivity contribution in [1.82, 2.24) is 5.32 Å². The zero-order chi connectivity index (χ0) is 16.3. The zero-order valence-corrected chi connectivity index (χ0v) is 11.8. The molecule has 0 aliphatic carbocycles. The molecule has 21 heavy (non-hydrogen) atoms. The van der Waals surface area contributed by atoms with Crippen LogP contribution in [0.25, 0.3) is 0 Å². The van der Waals surface area contributed by atoms with Gasteiger partial charge in [-0.1, -0.05) is 0 Å². The number of carbonyl (C=O) groups is 1. The Hall–Kier alpha value is -2.23. The fraction of sp³-hybridized carbons (Fsp3) is 0.429. The van der Waals surface area contributed by atoms with E-state index in [0.717, 1.165) is 6.07 Å². The number of nitriles is 1. The molecular weight excluding hydrogens is 285 g/mol. The molecule has 0 unspecified atom stereocenters. The molecule has 1 N–H and O–H groups in total. The minimum absolute atomic E-state index is 0.131. The Balaban J connectivity index is 2.89. The molecule has 0 fully saturated rings. The molecule has 4 nitrogen and oxygen atoms in total. The highest BCUT2D eigenvalue weighted by Gasteiger charge is 2.35. The standard InChI is InChI=1S/C14H15F3N2O2/c1-13(2,3)19-12(20)8-21-11-5-4-9(7-18)6-10(11)14(15,16)17/h4-6H,8H2,1-3H3,(H,19,20). The minimum atomic E-state index is -4.66. The number of rotatable bonds is 3. The smallest absolute Gasteiger partial charge is 0.420 e. The molecule has 1 amide bonds. The largest absolute Gasteiger partial charge is 0.483 e. The third-order valence-corrected chi connectivity index (χ3v) is 2.29. The summed E-state index contributed by atoms with van der Waals surface area (Å²) in [7, 11) is 0. The number of amides is 1. The fourth-order valence-electron chi connectivity index (χ4n) is 1.54. The number of halogens is 3. The maximum absolute atomic E-state index is 12.9. The number of alkyl halides is 3. The summed E-state index contributed by atoms with van der Waals surface area (Å²) in [5.41, 5.74) is -1.71. The maximum Gasteiger partial charge on any atom is 0.420 e. The van der Waals surface area contributed by atoms with Crippen molar-refractivity contribution < 1.29 is 22.7 Å². The minimum Gasteiger partial charge on any atom is -0.483 e. The van der Waals surface area contributed by atoms with Crippen LogP contribution in [0.3, 0.4) is 0 Å². The van der Waals surface area contributed by atoms with E-state index in [9.17, 15) is 18.0 Å². The van der Waals surface area contributed by atoms with Gasteiger partial charge in [0, 0.05) is 5.54 Å². The highest BCUT2D eigenvalue weighted by atomic mass is 19.4. The van der Waals surface area contributed by atoms with Gasteiger partial charge in [-0.05, 0) is 39.0 Å². The lowest BCUT2D eigenvalue weighted by atomic mass is 10.1. The van der Waals surface area contributed by atoms with Crippen molar-refractivity contribution >= 4 is 5.91 Å². The number of ether oxygens (including phenoxy) is 1. The van der Waals surface area contributed by atoms with Crippen LogP contribution in [0.4, 0.5) is 13.2 Å². The predicted molar refractivity (Wildman–Crippen MR) is 69.5 cm³/mol. The van der Waals surface area contributed by atoms with Crippen LogP contribution in [0.1, 0.15) is 31.9 Å². The lowest BCUT2D eigenvalue weighted by Crippen LogP contribution is -2.43. The molecule has 0 aliphatic rings. The molecular formula is C14H15F3N2O2. The second kappa shape index (κ2) is 6.04. The lowest BCUT2D eigenvalue weighted by molar-refractivity contribution is -0.139. The molecule has 0 aromatic heterocycles. The van der Waals surface area contributed by atoms with Gasteiger partial charge < -0.3 is 10.1 Å². The average Bonchev–Trinajstić information content (AvgIpc) is 2.33. The number of hydrogen-bond acceptors (Lipinski definition) is 3. The second-order valence-corrected chi connectivity index (χ2v) is 5.41. The molecule has 0 radical (unpaired) electrons. The Morgan fingerprint density at radius 3 is 2.43 bits per heavy atom. The van der Waals surface area contributed by atoms with Gasteiger partial charge >= 0.3 is 6.18 Å². The molecule has 0 saturated carbocycles. The van der Waals surface area contributed by atoms with Crippen LogP contribution in [0.5, 0.6) is 5.75 Å². The van der Waals surface area contributed by atoms with Gasteiger partial charge in [-0.3, -0.25) is 4.79 Å². The van der Waals surface area contributed by atoms with Gasteiger partial charge in [0.2, 0.25) is 0 Å².